The van der Waals surface area contributed by atoms with Crippen LogP contribution in [0, 0.1) is 12.7 Å². The number of rotatable bonds is 4. The predicted octanol–water partition coefficient (Wildman–Crippen LogP) is 2.80. The van der Waals surface area contributed by atoms with Gasteiger partial charge in [-0.05, 0) is 61.9 Å². The van der Waals surface area contributed by atoms with E-state index in [1.165, 1.54) is 31.2 Å². The van der Waals surface area contributed by atoms with Gasteiger partial charge in [-0.25, -0.2) is 12.8 Å². The second kappa shape index (κ2) is 7.66. The van der Waals surface area contributed by atoms with Crippen molar-refractivity contribution in [2.24, 2.45) is 0 Å². The van der Waals surface area contributed by atoms with Crippen molar-refractivity contribution in [3.63, 3.8) is 0 Å². The number of anilines is 1. The maximum Gasteiger partial charge on any atom is 0.261 e. The van der Waals surface area contributed by atoms with Gasteiger partial charge in [0.05, 0.1) is 24.2 Å². The fourth-order valence-corrected chi connectivity index (χ4v) is 4.02. The lowest BCUT2D eigenvalue weighted by atomic mass is 10.1. The van der Waals surface area contributed by atoms with Gasteiger partial charge in [0.15, 0.2) is 0 Å². The highest BCUT2D eigenvalue weighted by Crippen LogP contribution is 2.20. The number of hydrogen-bond acceptors (Lipinski definition) is 4. The maximum atomic E-state index is 13.4. The van der Waals surface area contributed by atoms with Crippen LogP contribution < -0.4 is 4.72 Å². The SMILES string of the molecule is Cc1cc(S(=O)(=O)Nc2ccc(C(=O)N3CCOCC3C)cc2)ccc1F. The minimum absolute atomic E-state index is 0.00820. The first-order valence-electron chi connectivity index (χ1n) is 8.56. The molecule has 0 bridgehead atoms. The number of ether oxygens (including phenoxy) is 1. The molecule has 1 unspecified atom stereocenters. The first-order chi connectivity index (χ1) is 12.8. The summed E-state index contributed by atoms with van der Waals surface area (Å²) in [5.74, 6) is -0.580. The molecule has 1 aliphatic heterocycles. The second-order valence-electron chi connectivity index (χ2n) is 6.52. The first kappa shape index (κ1) is 19.3. The Bertz CT molecular complexity index is 945. The Morgan fingerprint density at radius 1 is 1.22 bits per heavy atom. The van der Waals surface area contributed by atoms with E-state index in [4.69, 9.17) is 4.74 Å². The molecular weight excluding hydrogens is 371 g/mol. The molecule has 0 spiro atoms. The summed E-state index contributed by atoms with van der Waals surface area (Å²) < 4.78 is 46.0. The van der Waals surface area contributed by atoms with Gasteiger partial charge in [-0.1, -0.05) is 0 Å². The van der Waals surface area contributed by atoms with E-state index in [9.17, 15) is 17.6 Å². The Kier molecular flexibility index (Phi) is 5.48. The highest BCUT2D eigenvalue weighted by atomic mass is 32.2. The third-order valence-electron chi connectivity index (χ3n) is 4.45. The van der Waals surface area contributed by atoms with Crippen LogP contribution in [0.15, 0.2) is 47.4 Å². The summed E-state index contributed by atoms with van der Waals surface area (Å²) in [5.41, 5.74) is 1.05. The molecule has 1 fully saturated rings. The fourth-order valence-electron chi connectivity index (χ4n) is 2.87. The molecule has 2 aromatic carbocycles. The van der Waals surface area contributed by atoms with Crippen molar-refractivity contribution in [3.8, 4) is 0 Å². The number of nitrogens with zero attached hydrogens (tertiary/aromatic N) is 1. The van der Waals surface area contributed by atoms with Crippen LogP contribution in [-0.4, -0.2) is 45.0 Å². The minimum Gasteiger partial charge on any atom is -0.377 e. The van der Waals surface area contributed by atoms with Crippen molar-refractivity contribution in [2.75, 3.05) is 24.5 Å². The van der Waals surface area contributed by atoms with Gasteiger partial charge in [0.2, 0.25) is 0 Å². The molecule has 2 aromatic rings. The molecule has 0 radical (unpaired) electrons. The number of amides is 1. The first-order valence-corrected chi connectivity index (χ1v) is 10.0. The number of aryl methyl sites for hydroxylation is 1. The van der Waals surface area contributed by atoms with Gasteiger partial charge in [0.1, 0.15) is 5.82 Å². The fraction of sp³-hybridized carbons (Fsp3) is 0.316. The van der Waals surface area contributed by atoms with E-state index in [0.717, 1.165) is 6.07 Å². The van der Waals surface area contributed by atoms with E-state index in [0.29, 0.717) is 31.0 Å². The van der Waals surface area contributed by atoms with Gasteiger partial charge in [-0.2, -0.15) is 0 Å². The quantitative estimate of drug-likeness (QED) is 0.868. The lowest BCUT2D eigenvalue weighted by Crippen LogP contribution is -2.47. The molecule has 144 valence electrons. The van der Waals surface area contributed by atoms with Crippen LogP contribution in [-0.2, 0) is 14.8 Å². The van der Waals surface area contributed by atoms with Crippen LogP contribution in [0.25, 0.3) is 0 Å². The molecule has 1 saturated heterocycles. The molecule has 6 nitrogen and oxygen atoms in total. The zero-order valence-corrected chi connectivity index (χ0v) is 15.9. The molecule has 8 heteroatoms. The highest BCUT2D eigenvalue weighted by Gasteiger charge is 2.24. The van der Waals surface area contributed by atoms with Crippen molar-refractivity contribution in [1.29, 1.82) is 0 Å². The van der Waals surface area contributed by atoms with Gasteiger partial charge in [0, 0.05) is 17.8 Å². The smallest absolute Gasteiger partial charge is 0.261 e. The Balaban J connectivity index is 1.75. The zero-order chi connectivity index (χ0) is 19.6. The Morgan fingerprint density at radius 2 is 1.93 bits per heavy atom. The average Bonchev–Trinajstić information content (AvgIpc) is 2.64. The van der Waals surface area contributed by atoms with Gasteiger partial charge >= 0.3 is 0 Å². The molecule has 0 aromatic heterocycles. The van der Waals surface area contributed by atoms with Crippen LogP contribution >= 0.6 is 0 Å². The summed E-state index contributed by atoms with van der Waals surface area (Å²) in [5, 5.41) is 0. The molecule has 0 saturated carbocycles. The Labute approximate surface area is 158 Å². The summed E-state index contributed by atoms with van der Waals surface area (Å²) >= 11 is 0. The molecular formula is C19H21FN2O4S. The molecule has 27 heavy (non-hydrogen) atoms. The van der Waals surface area contributed by atoms with Crippen molar-refractivity contribution in [1.82, 2.24) is 4.90 Å². The second-order valence-corrected chi connectivity index (χ2v) is 8.20. The average molecular weight is 392 g/mol. The summed E-state index contributed by atoms with van der Waals surface area (Å²) in [7, 11) is -3.84. The summed E-state index contributed by atoms with van der Waals surface area (Å²) in [6.07, 6.45) is 0. The number of carbonyl (C=O) groups is 1. The van der Waals surface area contributed by atoms with E-state index in [1.54, 1.807) is 17.0 Å². The van der Waals surface area contributed by atoms with Gasteiger partial charge < -0.3 is 9.64 Å². The molecule has 3 rings (SSSR count). The van der Waals surface area contributed by atoms with Crippen molar-refractivity contribution < 1.29 is 22.3 Å². The van der Waals surface area contributed by atoms with E-state index in [1.807, 2.05) is 6.92 Å². The Hall–Kier alpha value is -2.45. The van der Waals surface area contributed by atoms with Crippen LogP contribution in [0.4, 0.5) is 10.1 Å². The largest absolute Gasteiger partial charge is 0.377 e. The van der Waals surface area contributed by atoms with E-state index in [-0.39, 0.29) is 22.4 Å². The van der Waals surface area contributed by atoms with Crippen molar-refractivity contribution >= 4 is 21.6 Å². The van der Waals surface area contributed by atoms with Crippen molar-refractivity contribution in [3.05, 3.63) is 59.4 Å². The number of sulfonamides is 1. The number of nitrogens with one attached hydrogen (secondary N) is 1. The van der Waals surface area contributed by atoms with E-state index in [2.05, 4.69) is 4.72 Å². The predicted molar refractivity (Wildman–Crippen MR) is 99.7 cm³/mol. The summed E-state index contributed by atoms with van der Waals surface area (Å²) in [6, 6.07) is 9.83. The van der Waals surface area contributed by atoms with Crippen molar-refractivity contribution in [2.45, 2.75) is 24.8 Å². The third-order valence-corrected chi connectivity index (χ3v) is 5.83. The molecule has 1 heterocycles. The molecule has 1 N–H and O–H groups in total. The highest BCUT2D eigenvalue weighted by molar-refractivity contribution is 7.92. The monoisotopic (exact) mass is 392 g/mol. The van der Waals surface area contributed by atoms with Gasteiger partial charge in [-0.3, -0.25) is 9.52 Å². The van der Waals surface area contributed by atoms with Crippen LogP contribution in [0.1, 0.15) is 22.8 Å². The molecule has 0 aliphatic carbocycles. The van der Waals surface area contributed by atoms with Crippen LogP contribution in [0.3, 0.4) is 0 Å². The van der Waals surface area contributed by atoms with Crippen LogP contribution in [0.5, 0.6) is 0 Å². The molecule has 1 atom stereocenters. The standard InChI is InChI=1S/C19H21FN2O4S/c1-13-11-17(7-8-18(13)20)27(24,25)21-16-5-3-15(4-6-16)19(23)22-9-10-26-12-14(22)2/h3-8,11,14,21H,9-10,12H2,1-2H3. The van der Waals surface area contributed by atoms with E-state index >= 15 is 0 Å². The topological polar surface area (TPSA) is 75.7 Å². The zero-order valence-electron chi connectivity index (χ0n) is 15.1. The summed E-state index contributed by atoms with van der Waals surface area (Å²) in [4.78, 5) is 14.3. The maximum absolute atomic E-state index is 13.4. The van der Waals surface area contributed by atoms with Gasteiger partial charge in [0.25, 0.3) is 15.9 Å². The molecule has 1 aliphatic rings. The van der Waals surface area contributed by atoms with Gasteiger partial charge in [-0.15, -0.1) is 0 Å². The van der Waals surface area contributed by atoms with Crippen LogP contribution in [0.2, 0.25) is 0 Å². The van der Waals surface area contributed by atoms with E-state index < -0.39 is 15.8 Å². The Morgan fingerprint density at radius 3 is 2.56 bits per heavy atom. The minimum atomic E-state index is -3.84. The number of carbonyl (C=O) groups excluding carboxylic acids is 1. The normalized spacial score (nSPS) is 17.6. The molecule has 1 amide bonds. The number of morpholine rings is 1. The lowest BCUT2D eigenvalue weighted by Gasteiger charge is -2.33. The number of benzene rings is 2. The number of halogens is 1. The lowest BCUT2D eigenvalue weighted by molar-refractivity contribution is 0.00359. The number of hydrogen-bond donors (Lipinski definition) is 1. The summed E-state index contributed by atoms with van der Waals surface area (Å²) in [6.45, 7) is 4.95. The third kappa shape index (κ3) is 4.28.